The predicted octanol–water partition coefficient (Wildman–Crippen LogP) is 0.262. The maximum Gasteiger partial charge on any atom is 0.239 e. The molecule has 3 saturated heterocycles. The number of carbonyl (C=O) groups excluding carboxylic acids is 2. The SMILES string of the molecule is O=C(CN1CSCC1=O)NC1CCN2CCCCC12. The van der Waals surface area contributed by atoms with E-state index in [9.17, 15) is 9.59 Å². The summed E-state index contributed by atoms with van der Waals surface area (Å²) in [5.41, 5.74) is 0. The molecule has 2 unspecified atom stereocenters. The van der Waals surface area contributed by atoms with Crippen molar-refractivity contribution in [1.29, 1.82) is 0 Å². The molecule has 0 bridgehead atoms. The zero-order valence-corrected chi connectivity index (χ0v) is 12.0. The number of hydrogen-bond acceptors (Lipinski definition) is 4. The standard InChI is InChI=1S/C13H21N3O2S/c17-12(7-16-9-19-8-13(16)18)14-10-4-6-15-5-2-1-3-11(10)15/h10-11H,1-9H2,(H,14,17). The molecule has 3 rings (SSSR count). The molecule has 106 valence electrons. The first-order valence-electron chi connectivity index (χ1n) is 7.13. The Hall–Kier alpha value is -0.750. The predicted molar refractivity (Wildman–Crippen MR) is 74.8 cm³/mol. The average Bonchev–Trinajstić information content (AvgIpc) is 2.98. The third-order valence-corrected chi connectivity index (χ3v) is 5.31. The molecule has 3 fully saturated rings. The van der Waals surface area contributed by atoms with Crippen LogP contribution in [0.25, 0.3) is 0 Å². The third-order valence-electron chi connectivity index (χ3n) is 4.36. The van der Waals surface area contributed by atoms with E-state index >= 15 is 0 Å². The number of rotatable bonds is 3. The van der Waals surface area contributed by atoms with Crippen molar-refractivity contribution < 1.29 is 9.59 Å². The number of carbonyl (C=O) groups is 2. The van der Waals surface area contributed by atoms with Crippen molar-refractivity contribution in [1.82, 2.24) is 15.1 Å². The topological polar surface area (TPSA) is 52.7 Å². The highest BCUT2D eigenvalue weighted by Gasteiger charge is 2.36. The van der Waals surface area contributed by atoms with Gasteiger partial charge >= 0.3 is 0 Å². The fourth-order valence-electron chi connectivity index (χ4n) is 3.38. The van der Waals surface area contributed by atoms with Crippen LogP contribution >= 0.6 is 11.8 Å². The molecule has 3 aliphatic rings. The van der Waals surface area contributed by atoms with Gasteiger partial charge in [0.15, 0.2) is 0 Å². The van der Waals surface area contributed by atoms with Crippen molar-refractivity contribution in [3.63, 3.8) is 0 Å². The second-order valence-electron chi connectivity index (χ2n) is 5.63. The largest absolute Gasteiger partial charge is 0.350 e. The Morgan fingerprint density at radius 3 is 3.00 bits per heavy atom. The molecule has 1 N–H and O–H groups in total. The molecule has 6 heteroatoms. The molecule has 2 atom stereocenters. The summed E-state index contributed by atoms with van der Waals surface area (Å²) >= 11 is 1.58. The van der Waals surface area contributed by atoms with E-state index in [1.165, 1.54) is 25.8 Å². The maximum atomic E-state index is 12.0. The quantitative estimate of drug-likeness (QED) is 0.807. The molecule has 0 aromatic heterocycles. The summed E-state index contributed by atoms with van der Waals surface area (Å²) in [7, 11) is 0. The first-order chi connectivity index (χ1) is 9.24. The number of nitrogens with zero attached hydrogens (tertiary/aromatic N) is 2. The smallest absolute Gasteiger partial charge is 0.239 e. The Bertz CT molecular complexity index is 377. The van der Waals surface area contributed by atoms with E-state index in [2.05, 4.69) is 10.2 Å². The second kappa shape index (κ2) is 5.71. The number of nitrogens with one attached hydrogen (secondary N) is 1. The van der Waals surface area contributed by atoms with Gasteiger partial charge in [-0.05, 0) is 25.8 Å². The molecular weight excluding hydrogens is 262 g/mol. The van der Waals surface area contributed by atoms with Gasteiger partial charge in [0.2, 0.25) is 11.8 Å². The molecule has 0 aliphatic carbocycles. The van der Waals surface area contributed by atoms with Crippen LogP contribution in [0.1, 0.15) is 25.7 Å². The molecule has 0 aromatic rings. The fourth-order valence-corrected chi connectivity index (χ4v) is 4.29. The highest BCUT2D eigenvalue weighted by atomic mass is 32.2. The van der Waals surface area contributed by atoms with Crippen molar-refractivity contribution >= 4 is 23.6 Å². The van der Waals surface area contributed by atoms with Crippen molar-refractivity contribution in [3.8, 4) is 0 Å². The molecule has 3 heterocycles. The Balaban J connectivity index is 1.50. The Morgan fingerprint density at radius 1 is 1.32 bits per heavy atom. The van der Waals surface area contributed by atoms with Gasteiger partial charge in [0.25, 0.3) is 0 Å². The Kier molecular flexibility index (Phi) is 3.98. The van der Waals surface area contributed by atoms with Gasteiger partial charge in [-0.25, -0.2) is 0 Å². The molecule has 0 saturated carbocycles. The van der Waals surface area contributed by atoms with Gasteiger partial charge in [0.1, 0.15) is 6.54 Å². The zero-order chi connectivity index (χ0) is 13.2. The lowest BCUT2D eigenvalue weighted by atomic mass is 9.99. The van der Waals surface area contributed by atoms with E-state index in [0.717, 1.165) is 13.0 Å². The van der Waals surface area contributed by atoms with Gasteiger partial charge in [0.05, 0.1) is 11.6 Å². The summed E-state index contributed by atoms with van der Waals surface area (Å²) in [5, 5.41) is 3.14. The highest BCUT2D eigenvalue weighted by Crippen LogP contribution is 2.27. The molecule has 3 aliphatic heterocycles. The number of amides is 2. The first-order valence-corrected chi connectivity index (χ1v) is 8.28. The lowest BCUT2D eigenvalue weighted by Gasteiger charge is -2.32. The van der Waals surface area contributed by atoms with Crippen LogP contribution in [0.15, 0.2) is 0 Å². The van der Waals surface area contributed by atoms with Crippen LogP contribution in [-0.2, 0) is 9.59 Å². The number of thioether (sulfide) groups is 1. The lowest BCUT2D eigenvalue weighted by molar-refractivity contribution is -0.132. The van der Waals surface area contributed by atoms with Gasteiger partial charge in [-0.1, -0.05) is 6.42 Å². The summed E-state index contributed by atoms with van der Waals surface area (Å²) in [5.74, 6) is 1.28. The Morgan fingerprint density at radius 2 is 2.21 bits per heavy atom. The van der Waals surface area contributed by atoms with Crippen molar-refractivity contribution in [2.24, 2.45) is 0 Å². The van der Waals surface area contributed by atoms with Crippen LogP contribution in [0.4, 0.5) is 0 Å². The minimum Gasteiger partial charge on any atom is -0.350 e. The molecule has 0 aromatic carbocycles. The van der Waals surface area contributed by atoms with E-state index in [1.807, 2.05) is 0 Å². The number of fused-ring (bicyclic) bond motifs is 1. The zero-order valence-electron chi connectivity index (χ0n) is 11.1. The van der Waals surface area contributed by atoms with Crippen molar-refractivity contribution in [2.75, 3.05) is 31.3 Å². The third kappa shape index (κ3) is 2.89. The van der Waals surface area contributed by atoms with E-state index in [0.29, 0.717) is 17.7 Å². The molecule has 5 nitrogen and oxygen atoms in total. The maximum absolute atomic E-state index is 12.0. The molecule has 19 heavy (non-hydrogen) atoms. The van der Waals surface area contributed by atoms with Gasteiger partial charge < -0.3 is 10.2 Å². The van der Waals surface area contributed by atoms with E-state index < -0.39 is 0 Å². The van der Waals surface area contributed by atoms with Gasteiger partial charge in [0, 0.05) is 18.6 Å². The number of piperidine rings is 1. The average molecular weight is 283 g/mol. The first kappa shape index (κ1) is 13.2. The van der Waals surface area contributed by atoms with Gasteiger partial charge in [-0.2, -0.15) is 0 Å². The summed E-state index contributed by atoms with van der Waals surface area (Å²) in [4.78, 5) is 27.7. The van der Waals surface area contributed by atoms with E-state index in [1.54, 1.807) is 16.7 Å². The summed E-state index contributed by atoms with van der Waals surface area (Å²) in [6.07, 6.45) is 4.81. The fraction of sp³-hybridized carbons (Fsp3) is 0.846. The van der Waals surface area contributed by atoms with Gasteiger partial charge in [-0.3, -0.25) is 14.5 Å². The minimum atomic E-state index is 0.00766. The minimum absolute atomic E-state index is 0.00766. The van der Waals surface area contributed by atoms with Crippen LogP contribution in [-0.4, -0.2) is 65.0 Å². The normalized spacial score (nSPS) is 31.6. The van der Waals surface area contributed by atoms with Gasteiger partial charge in [-0.15, -0.1) is 11.8 Å². The monoisotopic (exact) mass is 283 g/mol. The molecule has 0 radical (unpaired) electrons. The second-order valence-corrected chi connectivity index (χ2v) is 6.59. The molecular formula is C13H21N3O2S. The van der Waals surface area contributed by atoms with Crippen LogP contribution in [0, 0.1) is 0 Å². The lowest BCUT2D eigenvalue weighted by Crippen LogP contribution is -2.49. The summed E-state index contributed by atoms with van der Waals surface area (Å²) in [6.45, 7) is 2.52. The van der Waals surface area contributed by atoms with Crippen LogP contribution in [0.3, 0.4) is 0 Å². The Labute approximate surface area is 118 Å². The van der Waals surface area contributed by atoms with Crippen molar-refractivity contribution in [3.05, 3.63) is 0 Å². The van der Waals surface area contributed by atoms with Crippen molar-refractivity contribution in [2.45, 2.75) is 37.8 Å². The summed E-state index contributed by atoms with van der Waals surface area (Å²) < 4.78 is 0. The van der Waals surface area contributed by atoms with Crippen LogP contribution in [0.5, 0.6) is 0 Å². The molecule has 2 amide bonds. The van der Waals surface area contributed by atoms with Crippen LogP contribution in [0.2, 0.25) is 0 Å². The molecule has 0 spiro atoms. The summed E-state index contributed by atoms with van der Waals surface area (Å²) in [6, 6.07) is 0.819. The van der Waals surface area contributed by atoms with E-state index in [-0.39, 0.29) is 24.4 Å². The number of hydrogen-bond donors (Lipinski definition) is 1. The van der Waals surface area contributed by atoms with Crippen LogP contribution < -0.4 is 5.32 Å². The highest BCUT2D eigenvalue weighted by molar-refractivity contribution is 8.00. The van der Waals surface area contributed by atoms with E-state index in [4.69, 9.17) is 0 Å².